The molecule has 1 saturated carbocycles. The summed E-state index contributed by atoms with van der Waals surface area (Å²) in [6, 6.07) is 0.220. The lowest BCUT2D eigenvalue weighted by Gasteiger charge is -2.06. The Balaban J connectivity index is 2.02. The first-order chi connectivity index (χ1) is 10.4. The molecule has 1 aromatic heterocycles. The van der Waals surface area contributed by atoms with E-state index in [-0.39, 0.29) is 36.4 Å². The summed E-state index contributed by atoms with van der Waals surface area (Å²) in [5.41, 5.74) is 1.47. The summed E-state index contributed by atoms with van der Waals surface area (Å²) in [5.74, 6) is -1.46. The summed E-state index contributed by atoms with van der Waals surface area (Å²) in [7, 11) is 0. The Morgan fingerprint density at radius 1 is 1.18 bits per heavy atom. The second-order valence-corrected chi connectivity index (χ2v) is 5.26. The van der Waals surface area contributed by atoms with Crippen LogP contribution >= 0.6 is 0 Å². The van der Waals surface area contributed by atoms with E-state index in [4.69, 9.17) is 9.47 Å². The molecule has 2 rings (SSSR count). The van der Waals surface area contributed by atoms with E-state index < -0.39 is 11.9 Å². The Morgan fingerprint density at radius 3 is 2.45 bits per heavy atom. The fourth-order valence-corrected chi connectivity index (χ4v) is 2.16. The number of hydrogen-bond acceptors (Lipinski definition) is 5. The third-order valence-corrected chi connectivity index (χ3v) is 3.40. The summed E-state index contributed by atoms with van der Waals surface area (Å²) in [5, 5.41) is 2.73. The monoisotopic (exact) mass is 308 g/mol. The van der Waals surface area contributed by atoms with Gasteiger partial charge in [-0.25, -0.2) is 9.59 Å². The highest BCUT2D eigenvalue weighted by Gasteiger charge is 2.26. The van der Waals surface area contributed by atoms with Gasteiger partial charge in [-0.1, -0.05) is 0 Å². The van der Waals surface area contributed by atoms with Gasteiger partial charge in [-0.2, -0.15) is 0 Å². The highest BCUT2D eigenvalue weighted by atomic mass is 16.5. The maximum absolute atomic E-state index is 12.1. The number of carbonyl (C=O) groups excluding carboxylic acids is 3. The van der Waals surface area contributed by atoms with E-state index in [1.54, 1.807) is 20.8 Å². The van der Waals surface area contributed by atoms with Crippen LogP contribution in [0.5, 0.6) is 0 Å². The van der Waals surface area contributed by atoms with Gasteiger partial charge in [0, 0.05) is 11.7 Å². The lowest BCUT2D eigenvalue weighted by Crippen LogP contribution is -2.30. The molecule has 0 radical (unpaired) electrons. The second kappa shape index (κ2) is 6.64. The summed E-state index contributed by atoms with van der Waals surface area (Å²) in [6.45, 7) is 4.93. The third kappa shape index (κ3) is 3.66. The number of aryl methyl sites for hydroxylation is 1. The van der Waals surface area contributed by atoms with Crippen LogP contribution in [-0.4, -0.2) is 42.1 Å². The topological polar surface area (TPSA) is 97.5 Å². The van der Waals surface area contributed by atoms with Crippen molar-refractivity contribution in [3.05, 3.63) is 22.5 Å². The van der Waals surface area contributed by atoms with E-state index in [2.05, 4.69) is 10.3 Å². The minimum Gasteiger partial charge on any atom is -0.461 e. The van der Waals surface area contributed by atoms with Crippen molar-refractivity contribution in [2.45, 2.75) is 39.7 Å². The van der Waals surface area contributed by atoms with Crippen LogP contribution in [0, 0.1) is 13.8 Å². The largest absolute Gasteiger partial charge is 0.461 e. The van der Waals surface area contributed by atoms with Gasteiger partial charge in [0.15, 0.2) is 6.61 Å². The number of H-pyrrole nitrogens is 1. The third-order valence-electron chi connectivity index (χ3n) is 3.40. The quantitative estimate of drug-likeness (QED) is 0.771. The van der Waals surface area contributed by atoms with Gasteiger partial charge in [-0.15, -0.1) is 0 Å². The zero-order valence-corrected chi connectivity index (χ0v) is 12.9. The van der Waals surface area contributed by atoms with Crippen molar-refractivity contribution >= 4 is 17.8 Å². The van der Waals surface area contributed by atoms with Gasteiger partial charge in [0.1, 0.15) is 5.69 Å². The zero-order valence-electron chi connectivity index (χ0n) is 12.9. The normalized spacial score (nSPS) is 13.6. The van der Waals surface area contributed by atoms with E-state index in [1.165, 1.54) is 0 Å². The lowest BCUT2D eigenvalue weighted by molar-refractivity contribution is -0.124. The van der Waals surface area contributed by atoms with E-state index in [9.17, 15) is 14.4 Å². The number of hydrogen-bond donors (Lipinski definition) is 2. The minimum atomic E-state index is -0.632. The molecule has 1 fully saturated rings. The maximum Gasteiger partial charge on any atom is 0.355 e. The molecule has 0 aromatic carbocycles. The average Bonchev–Trinajstić information content (AvgIpc) is 3.21. The molecule has 1 amide bonds. The number of aromatic nitrogens is 1. The SMILES string of the molecule is CCOC(=O)c1[nH]c(C)c(C(=O)OCC(=O)NC2CC2)c1C. The van der Waals surface area contributed by atoms with Gasteiger partial charge >= 0.3 is 11.9 Å². The number of amides is 1. The molecule has 0 unspecified atom stereocenters. The van der Waals surface area contributed by atoms with Crippen molar-refractivity contribution in [3.63, 3.8) is 0 Å². The molecule has 1 aliphatic rings. The van der Waals surface area contributed by atoms with E-state index in [0.717, 1.165) is 12.8 Å². The van der Waals surface area contributed by atoms with Crippen molar-refractivity contribution < 1.29 is 23.9 Å². The molecule has 7 nitrogen and oxygen atoms in total. The molecule has 22 heavy (non-hydrogen) atoms. The highest BCUT2D eigenvalue weighted by molar-refractivity contribution is 5.99. The van der Waals surface area contributed by atoms with E-state index >= 15 is 0 Å². The van der Waals surface area contributed by atoms with Crippen LogP contribution < -0.4 is 5.32 Å². The van der Waals surface area contributed by atoms with Crippen LogP contribution in [0.15, 0.2) is 0 Å². The van der Waals surface area contributed by atoms with Gasteiger partial charge in [0.05, 0.1) is 12.2 Å². The van der Waals surface area contributed by atoms with Crippen molar-refractivity contribution in [1.29, 1.82) is 0 Å². The second-order valence-electron chi connectivity index (χ2n) is 5.26. The zero-order chi connectivity index (χ0) is 16.3. The predicted molar refractivity (Wildman–Crippen MR) is 77.7 cm³/mol. The Bertz CT molecular complexity index is 601. The summed E-state index contributed by atoms with van der Waals surface area (Å²) < 4.78 is 9.93. The molecule has 1 aromatic rings. The van der Waals surface area contributed by atoms with Gasteiger partial charge in [0.2, 0.25) is 0 Å². The lowest BCUT2D eigenvalue weighted by atomic mass is 10.1. The molecule has 0 saturated heterocycles. The van der Waals surface area contributed by atoms with Crippen molar-refractivity contribution in [3.8, 4) is 0 Å². The Labute approximate surface area is 128 Å². The van der Waals surface area contributed by atoms with Crippen LogP contribution in [0.4, 0.5) is 0 Å². The first kappa shape index (κ1) is 16.1. The first-order valence-electron chi connectivity index (χ1n) is 7.26. The molecule has 0 spiro atoms. The summed E-state index contributed by atoms with van der Waals surface area (Å²) in [6.07, 6.45) is 1.94. The fourth-order valence-electron chi connectivity index (χ4n) is 2.16. The maximum atomic E-state index is 12.1. The van der Waals surface area contributed by atoms with Gasteiger partial charge in [-0.05, 0) is 39.2 Å². The van der Waals surface area contributed by atoms with Crippen LogP contribution in [0.1, 0.15) is 51.9 Å². The molecule has 7 heteroatoms. The number of carbonyl (C=O) groups is 3. The van der Waals surface area contributed by atoms with Crippen molar-refractivity contribution in [1.82, 2.24) is 10.3 Å². The van der Waals surface area contributed by atoms with E-state index in [0.29, 0.717) is 11.3 Å². The number of esters is 2. The molecular formula is C15H20N2O5. The van der Waals surface area contributed by atoms with Crippen LogP contribution in [-0.2, 0) is 14.3 Å². The Kier molecular flexibility index (Phi) is 4.85. The van der Waals surface area contributed by atoms with Gasteiger partial charge in [-0.3, -0.25) is 4.79 Å². The average molecular weight is 308 g/mol. The fraction of sp³-hybridized carbons (Fsp3) is 0.533. The number of rotatable bonds is 6. The standard InChI is InChI=1S/C15H20N2O5/c1-4-21-15(20)13-8(2)12(9(3)16-13)14(19)22-7-11(18)17-10-5-6-10/h10,16H,4-7H2,1-3H3,(H,17,18). The van der Waals surface area contributed by atoms with Crippen LogP contribution in [0.25, 0.3) is 0 Å². The summed E-state index contributed by atoms with van der Waals surface area (Å²) in [4.78, 5) is 38.2. The predicted octanol–water partition coefficient (Wildman–Crippen LogP) is 1.24. The minimum absolute atomic E-state index is 0.220. The number of nitrogens with one attached hydrogen (secondary N) is 2. The molecule has 0 bridgehead atoms. The number of ether oxygens (including phenoxy) is 2. The Hall–Kier alpha value is -2.31. The molecule has 120 valence electrons. The molecule has 1 heterocycles. The van der Waals surface area contributed by atoms with E-state index in [1.807, 2.05) is 0 Å². The molecular weight excluding hydrogens is 288 g/mol. The Morgan fingerprint density at radius 2 is 1.86 bits per heavy atom. The number of aromatic amines is 1. The van der Waals surface area contributed by atoms with Crippen molar-refractivity contribution in [2.75, 3.05) is 13.2 Å². The first-order valence-corrected chi connectivity index (χ1v) is 7.26. The van der Waals surface area contributed by atoms with Crippen LogP contribution in [0.3, 0.4) is 0 Å². The highest BCUT2D eigenvalue weighted by Crippen LogP contribution is 2.20. The molecule has 0 atom stereocenters. The molecule has 1 aliphatic carbocycles. The van der Waals surface area contributed by atoms with Gasteiger partial charge < -0.3 is 19.8 Å². The van der Waals surface area contributed by atoms with Gasteiger partial charge in [0.25, 0.3) is 5.91 Å². The molecule has 0 aliphatic heterocycles. The smallest absolute Gasteiger partial charge is 0.355 e. The van der Waals surface area contributed by atoms with Crippen molar-refractivity contribution in [2.24, 2.45) is 0 Å². The van der Waals surface area contributed by atoms with Crippen LogP contribution in [0.2, 0.25) is 0 Å². The summed E-state index contributed by atoms with van der Waals surface area (Å²) >= 11 is 0. The molecule has 2 N–H and O–H groups in total.